The molecule has 1 nitrogen and oxygen atoms in total. The first-order valence-corrected chi connectivity index (χ1v) is 6.04. The van der Waals surface area contributed by atoms with E-state index in [0.29, 0.717) is 12.0 Å². The monoisotopic (exact) mass is 205 g/mol. The van der Waals surface area contributed by atoms with Gasteiger partial charge in [0, 0.05) is 17.7 Å². The zero-order valence-electron chi connectivity index (χ0n) is 10.2. The molecule has 0 amide bonds. The van der Waals surface area contributed by atoms with Crippen LogP contribution < -0.4 is 5.32 Å². The Balaban J connectivity index is 2.92. The van der Waals surface area contributed by atoms with E-state index in [0.717, 1.165) is 0 Å². The van der Waals surface area contributed by atoms with Crippen molar-refractivity contribution >= 4 is 0 Å². The van der Waals surface area contributed by atoms with Gasteiger partial charge in [-0.2, -0.15) is 0 Å². The van der Waals surface area contributed by atoms with Gasteiger partial charge in [-0.25, -0.2) is 0 Å². The summed E-state index contributed by atoms with van der Waals surface area (Å²) in [6.07, 6.45) is 9.93. The average molecular weight is 205 g/mol. The topological polar surface area (TPSA) is 12.0 Å². The average Bonchev–Trinajstić information content (AvgIpc) is 2.57. The smallest absolute Gasteiger partial charge is 0.0375 e. The molecule has 1 fully saturated rings. The second-order valence-electron chi connectivity index (χ2n) is 4.11. The maximum Gasteiger partial charge on any atom is 0.0375 e. The lowest BCUT2D eigenvalue weighted by molar-refractivity contribution is 0.441. The first-order chi connectivity index (χ1) is 7.28. The summed E-state index contributed by atoms with van der Waals surface area (Å²) >= 11 is 0. The number of allylic oxidation sites excluding steroid dienone is 4. The summed E-state index contributed by atoms with van der Waals surface area (Å²) < 4.78 is 0. The van der Waals surface area contributed by atoms with Crippen LogP contribution in [-0.2, 0) is 0 Å². The zero-order chi connectivity index (χ0) is 11.3. The van der Waals surface area contributed by atoms with Crippen LogP contribution in [0.15, 0.2) is 36.1 Å². The van der Waals surface area contributed by atoms with E-state index in [4.69, 9.17) is 0 Å². The SMILES string of the molecule is C=C/C=C1/NC(CC)C(CCC)/C1=C/C. The highest BCUT2D eigenvalue weighted by Gasteiger charge is 2.31. The predicted octanol–water partition coefficient (Wildman–Crippen LogP) is 3.80. The quantitative estimate of drug-likeness (QED) is 0.736. The Hall–Kier alpha value is -0.980. The third kappa shape index (κ3) is 2.53. The Morgan fingerprint density at radius 2 is 2.13 bits per heavy atom. The van der Waals surface area contributed by atoms with Crippen LogP contribution >= 0.6 is 0 Å². The largest absolute Gasteiger partial charge is 0.381 e. The number of rotatable bonds is 4. The van der Waals surface area contributed by atoms with Crippen LogP contribution in [0.25, 0.3) is 0 Å². The highest BCUT2D eigenvalue weighted by atomic mass is 15.0. The van der Waals surface area contributed by atoms with E-state index < -0.39 is 0 Å². The van der Waals surface area contributed by atoms with Crippen molar-refractivity contribution in [3.8, 4) is 0 Å². The van der Waals surface area contributed by atoms with Gasteiger partial charge in [-0.3, -0.25) is 0 Å². The lowest BCUT2D eigenvalue weighted by atomic mass is 9.89. The number of hydrogen-bond acceptors (Lipinski definition) is 1. The Morgan fingerprint density at radius 1 is 1.40 bits per heavy atom. The summed E-state index contributed by atoms with van der Waals surface area (Å²) in [5.74, 6) is 0.691. The highest BCUT2D eigenvalue weighted by molar-refractivity contribution is 5.39. The Labute approximate surface area is 94.0 Å². The van der Waals surface area contributed by atoms with Crippen molar-refractivity contribution in [2.24, 2.45) is 5.92 Å². The van der Waals surface area contributed by atoms with Gasteiger partial charge in [-0.1, -0.05) is 39.0 Å². The molecule has 2 unspecified atom stereocenters. The molecule has 84 valence electrons. The fraction of sp³-hybridized carbons (Fsp3) is 0.571. The molecule has 2 atom stereocenters. The first kappa shape index (κ1) is 12.1. The van der Waals surface area contributed by atoms with Crippen LogP contribution in [0.2, 0.25) is 0 Å². The molecule has 15 heavy (non-hydrogen) atoms. The first-order valence-electron chi connectivity index (χ1n) is 6.04. The van der Waals surface area contributed by atoms with Gasteiger partial charge in [-0.15, -0.1) is 0 Å². The number of nitrogens with one attached hydrogen (secondary N) is 1. The maximum atomic E-state index is 3.77. The van der Waals surface area contributed by atoms with Crippen molar-refractivity contribution in [2.45, 2.75) is 46.1 Å². The molecule has 1 aliphatic heterocycles. The molecule has 0 aromatic rings. The van der Waals surface area contributed by atoms with E-state index in [9.17, 15) is 0 Å². The van der Waals surface area contributed by atoms with E-state index in [1.807, 2.05) is 6.08 Å². The molecule has 0 bridgehead atoms. The summed E-state index contributed by atoms with van der Waals surface area (Å²) in [6, 6.07) is 0.613. The van der Waals surface area contributed by atoms with Crippen molar-refractivity contribution in [2.75, 3.05) is 0 Å². The van der Waals surface area contributed by atoms with Gasteiger partial charge in [0.15, 0.2) is 0 Å². The van der Waals surface area contributed by atoms with Crippen LogP contribution in [0.4, 0.5) is 0 Å². The van der Waals surface area contributed by atoms with Gasteiger partial charge in [0.2, 0.25) is 0 Å². The van der Waals surface area contributed by atoms with E-state index in [1.54, 1.807) is 0 Å². The Kier molecular flexibility index (Phi) is 4.67. The minimum Gasteiger partial charge on any atom is -0.381 e. The summed E-state index contributed by atoms with van der Waals surface area (Å²) in [7, 11) is 0. The Bertz CT molecular complexity index is 273. The van der Waals surface area contributed by atoms with Crippen molar-refractivity contribution in [3.63, 3.8) is 0 Å². The third-order valence-corrected chi connectivity index (χ3v) is 3.17. The van der Waals surface area contributed by atoms with Crippen LogP contribution in [0.5, 0.6) is 0 Å². The lowest BCUT2D eigenvalue weighted by Gasteiger charge is -2.17. The van der Waals surface area contributed by atoms with E-state index in [1.165, 1.54) is 30.5 Å². The van der Waals surface area contributed by atoms with Crippen molar-refractivity contribution < 1.29 is 0 Å². The summed E-state index contributed by atoms with van der Waals surface area (Å²) in [4.78, 5) is 0. The molecule has 0 aromatic carbocycles. The second-order valence-corrected chi connectivity index (χ2v) is 4.11. The maximum absolute atomic E-state index is 3.77. The minimum atomic E-state index is 0.613. The van der Waals surface area contributed by atoms with Crippen LogP contribution in [0, 0.1) is 5.92 Å². The van der Waals surface area contributed by atoms with E-state index in [2.05, 4.69) is 44.8 Å². The molecule has 0 aliphatic carbocycles. The van der Waals surface area contributed by atoms with Gasteiger partial charge < -0.3 is 5.32 Å². The van der Waals surface area contributed by atoms with E-state index >= 15 is 0 Å². The molecule has 1 saturated heterocycles. The minimum absolute atomic E-state index is 0.613. The summed E-state index contributed by atoms with van der Waals surface area (Å²) in [5, 5.41) is 3.60. The van der Waals surface area contributed by atoms with Gasteiger partial charge in [0.1, 0.15) is 0 Å². The summed E-state index contributed by atoms with van der Waals surface area (Å²) in [6.45, 7) is 10.4. The van der Waals surface area contributed by atoms with Crippen molar-refractivity contribution in [3.05, 3.63) is 36.1 Å². The van der Waals surface area contributed by atoms with Gasteiger partial charge in [-0.05, 0) is 31.4 Å². The van der Waals surface area contributed by atoms with Gasteiger partial charge in [0.05, 0.1) is 0 Å². The molecule has 1 rings (SSSR count). The molecular formula is C14H23N. The Morgan fingerprint density at radius 3 is 2.60 bits per heavy atom. The fourth-order valence-corrected chi connectivity index (χ4v) is 2.49. The van der Waals surface area contributed by atoms with Crippen LogP contribution in [0.3, 0.4) is 0 Å². The third-order valence-electron chi connectivity index (χ3n) is 3.17. The number of hydrogen-bond donors (Lipinski definition) is 1. The zero-order valence-corrected chi connectivity index (χ0v) is 10.2. The second kappa shape index (κ2) is 5.79. The molecule has 1 aliphatic rings. The van der Waals surface area contributed by atoms with Gasteiger partial charge >= 0.3 is 0 Å². The van der Waals surface area contributed by atoms with Gasteiger partial charge in [0.25, 0.3) is 0 Å². The normalized spacial score (nSPS) is 30.9. The molecule has 0 aromatic heterocycles. The molecule has 1 N–H and O–H groups in total. The molecule has 1 heterocycles. The molecular weight excluding hydrogens is 182 g/mol. The predicted molar refractivity (Wildman–Crippen MR) is 67.6 cm³/mol. The van der Waals surface area contributed by atoms with Crippen molar-refractivity contribution in [1.82, 2.24) is 5.32 Å². The lowest BCUT2D eigenvalue weighted by Crippen LogP contribution is -2.25. The highest BCUT2D eigenvalue weighted by Crippen LogP contribution is 2.34. The fourth-order valence-electron chi connectivity index (χ4n) is 2.49. The van der Waals surface area contributed by atoms with E-state index in [-0.39, 0.29) is 0 Å². The van der Waals surface area contributed by atoms with Crippen LogP contribution in [0.1, 0.15) is 40.0 Å². The molecule has 0 spiro atoms. The molecule has 1 heteroatoms. The standard InChI is InChI=1S/C14H23N/c1-5-9-12-11(7-3)14(10-6-2)15-13(12)8-4/h6-7,10,12-13,15H,2,5,8-9H2,1,3-4H3/b11-7-,14-10+. The van der Waals surface area contributed by atoms with Crippen LogP contribution in [-0.4, -0.2) is 6.04 Å². The summed E-state index contributed by atoms with van der Waals surface area (Å²) in [5.41, 5.74) is 2.75. The van der Waals surface area contributed by atoms with Crippen molar-refractivity contribution in [1.29, 1.82) is 0 Å². The molecule has 0 saturated carbocycles. The molecule has 0 radical (unpaired) electrons.